The molecule has 1 saturated carbocycles. The van der Waals surface area contributed by atoms with Crippen LogP contribution in [0.15, 0.2) is 18.3 Å². The van der Waals surface area contributed by atoms with Crippen LogP contribution in [0.1, 0.15) is 25.7 Å². The van der Waals surface area contributed by atoms with Gasteiger partial charge in [-0.25, -0.2) is 5.14 Å². The number of alkyl halides is 3. The minimum Gasteiger partial charge on any atom is -0.493 e. The van der Waals surface area contributed by atoms with Crippen LogP contribution in [-0.4, -0.2) is 86.0 Å². The van der Waals surface area contributed by atoms with E-state index >= 15 is 0 Å². The molecule has 0 bridgehead atoms. The maximum Gasteiger partial charge on any atom is 0.414 e. The third-order valence-corrected chi connectivity index (χ3v) is 8.08. The predicted octanol–water partition coefficient (Wildman–Crippen LogP) is 1.39. The van der Waals surface area contributed by atoms with Crippen LogP contribution in [-0.2, 0) is 15.0 Å². The molecular weight excluding hydrogens is 519 g/mol. The van der Waals surface area contributed by atoms with E-state index in [2.05, 4.69) is 15.1 Å². The fourth-order valence-electron chi connectivity index (χ4n) is 5.10. The first-order valence-corrected chi connectivity index (χ1v) is 12.9. The van der Waals surface area contributed by atoms with Gasteiger partial charge in [-0.15, -0.1) is 0 Å². The number of aromatic nitrogens is 2. The van der Waals surface area contributed by atoms with Crippen LogP contribution in [0.4, 0.5) is 18.9 Å². The number of methoxy groups -OCH3 is 2. The van der Waals surface area contributed by atoms with Crippen LogP contribution < -0.4 is 19.5 Å². The lowest BCUT2D eigenvalue weighted by atomic mass is 9.60. The summed E-state index contributed by atoms with van der Waals surface area (Å²) in [5.74, 6) is 0.320. The van der Waals surface area contributed by atoms with Crippen molar-refractivity contribution < 1.29 is 41.0 Å². The van der Waals surface area contributed by atoms with Gasteiger partial charge in [-0.1, -0.05) is 0 Å². The lowest BCUT2D eigenvalue weighted by Gasteiger charge is -2.61. The van der Waals surface area contributed by atoms with E-state index in [-0.39, 0.29) is 5.41 Å². The third kappa shape index (κ3) is 5.58. The zero-order valence-corrected chi connectivity index (χ0v) is 21.0. The Labute approximate surface area is 211 Å². The molecule has 1 unspecified atom stereocenters. The Morgan fingerprint density at radius 3 is 2.46 bits per heavy atom. The Kier molecular flexibility index (Phi) is 7.27. The second kappa shape index (κ2) is 9.85. The Morgan fingerprint density at radius 2 is 1.89 bits per heavy atom. The predicted molar refractivity (Wildman–Crippen MR) is 126 cm³/mol. The van der Waals surface area contributed by atoms with Gasteiger partial charge in [0.1, 0.15) is 11.9 Å². The van der Waals surface area contributed by atoms with Crippen molar-refractivity contribution in [1.29, 1.82) is 0 Å². The highest BCUT2D eigenvalue weighted by Gasteiger charge is 2.55. The number of anilines is 1. The average Bonchev–Trinajstić information content (AvgIpc) is 2.77. The molecular formula is C22H28F3N5O6S. The van der Waals surface area contributed by atoms with Crippen molar-refractivity contribution in [2.45, 2.75) is 44.0 Å². The summed E-state index contributed by atoms with van der Waals surface area (Å²) in [7, 11) is -1.20. The molecule has 15 heteroatoms. The number of aliphatic hydroxyl groups is 1. The van der Waals surface area contributed by atoms with Gasteiger partial charge in [0.15, 0.2) is 11.5 Å². The third-order valence-electron chi connectivity index (χ3n) is 6.99. The zero-order valence-electron chi connectivity index (χ0n) is 20.2. The van der Waals surface area contributed by atoms with Gasteiger partial charge in [0, 0.05) is 42.4 Å². The largest absolute Gasteiger partial charge is 0.493 e. The summed E-state index contributed by atoms with van der Waals surface area (Å²) < 4.78 is 73.3. The first-order valence-electron chi connectivity index (χ1n) is 11.4. The summed E-state index contributed by atoms with van der Waals surface area (Å²) in [6.07, 6.45) is -6.40. The van der Waals surface area contributed by atoms with Crippen molar-refractivity contribution in [2.75, 3.05) is 38.8 Å². The molecule has 11 nitrogen and oxygen atoms in total. The van der Waals surface area contributed by atoms with Crippen molar-refractivity contribution in [2.24, 2.45) is 10.6 Å². The van der Waals surface area contributed by atoms with Gasteiger partial charge in [0.2, 0.25) is 0 Å². The number of ketones is 1. The fourth-order valence-corrected chi connectivity index (χ4v) is 5.99. The highest BCUT2D eigenvalue weighted by molar-refractivity contribution is 7.86. The number of hydrogen-bond acceptors (Lipinski definition) is 9. The minimum atomic E-state index is -4.84. The van der Waals surface area contributed by atoms with Crippen LogP contribution in [0.25, 0.3) is 10.9 Å². The Hall–Kier alpha value is -2.75. The Balaban J connectivity index is 1.39. The second-order valence-corrected chi connectivity index (χ2v) is 11.1. The molecule has 1 aromatic carbocycles. The number of nitrogens with two attached hydrogens (primary N) is 1. The van der Waals surface area contributed by atoms with Crippen LogP contribution in [0.5, 0.6) is 11.5 Å². The topological polar surface area (TPSA) is 148 Å². The summed E-state index contributed by atoms with van der Waals surface area (Å²) in [6.45, 7) is 0.597. The standard InChI is InChI=1S/C22H28F3N5O6S/c1-35-18-5-15-16(6-19(18)36-2)28-27-9-17(15)29-11-21(12-29)7-13(8-21)30(37(26,33)34)10-14(31)3-4-20(32)22(23,24)25/h5-6,9,13,20,32H,3-4,7-8,10-12H2,1-2H3,(H2,26,33,34). The lowest BCUT2D eigenvalue weighted by molar-refractivity contribution is -0.205. The molecule has 204 valence electrons. The van der Waals surface area contributed by atoms with E-state index in [9.17, 15) is 26.4 Å². The van der Waals surface area contributed by atoms with Crippen molar-refractivity contribution in [3.63, 3.8) is 0 Å². The van der Waals surface area contributed by atoms with E-state index in [4.69, 9.17) is 19.7 Å². The van der Waals surface area contributed by atoms with Gasteiger partial charge < -0.3 is 19.5 Å². The molecule has 2 fully saturated rings. The molecule has 4 rings (SSSR count). The van der Waals surface area contributed by atoms with E-state index in [0.717, 1.165) is 15.4 Å². The molecule has 1 aromatic heterocycles. The lowest BCUT2D eigenvalue weighted by Crippen LogP contribution is -2.68. The Morgan fingerprint density at radius 1 is 1.27 bits per heavy atom. The summed E-state index contributed by atoms with van der Waals surface area (Å²) in [4.78, 5) is 14.3. The van der Waals surface area contributed by atoms with Crippen molar-refractivity contribution in [3.05, 3.63) is 18.3 Å². The number of fused-ring (bicyclic) bond motifs is 1. The fraction of sp³-hybridized carbons (Fsp3) is 0.591. The van der Waals surface area contributed by atoms with E-state index in [1.807, 2.05) is 6.07 Å². The highest BCUT2D eigenvalue weighted by Crippen LogP contribution is 2.52. The molecule has 2 aromatic rings. The first kappa shape index (κ1) is 27.3. The van der Waals surface area contributed by atoms with Crippen LogP contribution in [0, 0.1) is 5.41 Å². The number of benzene rings is 1. The Bertz CT molecular complexity index is 1280. The molecule has 2 aliphatic rings. The summed E-state index contributed by atoms with van der Waals surface area (Å²) >= 11 is 0. The summed E-state index contributed by atoms with van der Waals surface area (Å²) in [5, 5.41) is 23.4. The monoisotopic (exact) mass is 547 g/mol. The van der Waals surface area contributed by atoms with Crippen LogP contribution in [0.3, 0.4) is 0 Å². The van der Waals surface area contributed by atoms with Gasteiger partial charge in [0.05, 0.1) is 38.2 Å². The normalized spacial score (nSPS) is 18.5. The van der Waals surface area contributed by atoms with Crippen molar-refractivity contribution >= 4 is 32.6 Å². The molecule has 1 saturated heterocycles. The number of aliphatic hydroxyl groups excluding tert-OH is 1. The van der Waals surface area contributed by atoms with Crippen molar-refractivity contribution in [1.82, 2.24) is 14.5 Å². The highest BCUT2D eigenvalue weighted by atomic mass is 32.2. The first-order chi connectivity index (χ1) is 17.3. The number of carbonyl (C=O) groups excluding carboxylic acids is 1. The maximum atomic E-state index is 12.5. The van der Waals surface area contributed by atoms with Gasteiger partial charge >= 0.3 is 6.18 Å². The van der Waals surface area contributed by atoms with E-state index < -0.39 is 53.7 Å². The van der Waals surface area contributed by atoms with Gasteiger partial charge in [0.25, 0.3) is 10.2 Å². The molecule has 1 aliphatic carbocycles. The van der Waals surface area contributed by atoms with Crippen molar-refractivity contribution in [3.8, 4) is 11.5 Å². The van der Waals surface area contributed by atoms with Crippen LogP contribution in [0.2, 0.25) is 0 Å². The number of hydrogen-bond donors (Lipinski definition) is 2. The maximum absolute atomic E-state index is 12.5. The second-order valence-electron chi connectivity index (χ2n) is 9.60. The number of nitrogens with zero attached hydrogens (tertiary/aromatic N) is 4. The number of carbonyl (C=O) groups is 1. The summed E-state index contributed by atoms with van der Waals surface area (Å²) in [5.41, 5.74) is 1.27. The van der Waals surface area contributed by atoms with Gasteiger partial charge in [-0.05, 0) is 25.3 Å². The molecule has 1 atom stereocenters. The number of rotatable bonds is 10. The average molecular weight is 548 g/mol. The molecule has 1 spiro atoms. The number of ether oxygens (including phenoxy) is 2. The van der Waals surface area contributed by atoms with E-state index in [0.29, 0.717) is 42.9 Å². The molecule has 3 N–H and O–H groups in total. The quantitative estimate of drug-likeness (QED) is 0.450. The van der Waals surface area contributed by atoms with Crippen LogP contribution >= 0.6 is 0 Å². The van der Waals surface area contributed by atoms with Gasteiger partial charge in [-0.2, -0.15) is 36.1 Å². The molecule has 2 heterocycles. The smallest absolute Gasteiger partial charge is 0.414 e. The summed E-state index contributed by atoms with van der Waals surface area (Å²) in [6, 6.07) is 3.01. The zero-order chi connectivity index (χ0) is 27.2. The number of Topliss-reactive ketones (excluding diaryl/α,β-unsaturated/α-hetero) is 1. The molecule has 1 aliphatic heterocycles. The number of halogens is 3. The molecule has 0 amide bonds. The minimum absolute atomic E-state index is 0.185. The molecule has 0 radical (unpaired) electrons. The molecule has 37 heavy (non-hydrogen) atoms. The van der Waals surface area contributed by atoms with E-state index in [1.54, 1.807) is 12.3 Å². The van der Waals surface area contributed by atoms with E-state index in [1.165, 1.54) is 14.2 Å². The SMILES string of the molecule is COc1cc2nncc(N3CC4(CC(N(CC(=O)CCC(O)C(F)(F)F)S(N)(=O)=O)C4)C3)c2cc1OC. The van der Waals surface area contributed by atoms with Gasteiger partial charge in [-0.3, -0.25) is 4.79 Å².